The van der Waals surface area contributed by atoms with Crippen LogP contribution in [-0.4, -0.2) is 47.2 Å². The van der Waals surface area contributed by atoms with Gasteiger partial charge in [-0.3, -0.25) is 9.59 Å². The lowest BCUT2D eigenvalue weighted by atomic mass is 10.0. The molecular formula is C17H24N2O4. The lowest BCUT2D eigenvalue weighted by molar-refractivity contribution is -0.133. The second-order valence-electron chi connectivity index (χ2n) is 6.14. The summed E-state index contributed by atoms with van der Waals surface area (Å²) in [6.07, 6.45) is 3.21. The fourth-order valence-electron chi connectivity index (χ4n) is 3.24. The molecule has 1 aliphatic rings. The number of hydrogen-bond donors (Lipinski definition) is 1. The quantitative estimate of drug-likeness (QED) is 0.681. The Labute approximate surface area is 136 Å². The zero-order chi connectivity index (χ0) is 17.1. The summed E-state index contributed by atoms with van der Waals surface area (Å²) < 4.78 is 4.80. The van der Waals surface area contributed by atoms with Crippen LogP contribution in [0.5, 0.6) is 0 Å². The highest BCUT2D eigenvalue weighted by molar-refractivity contribution is 6.01. The third-order valence-corrected chi connectivity index (χ3v) is 4.52. The SMILES string of the molecule is COC(=O)c1c(CC(=O)N2CCCCC2C)[nH]c(C(C)=O)c1C. The molecule has 126 valence electrons. The molecule has 6 nitrogen and oxygen atoms in total. The van der Waals surface area contributed by atoms with E-state index in [4.69, 9.17) is 4.74 Å². The molecule has 1 N–H and O–H groups in total. The second-order valence-corrected chi connectivity index (χ2v) is 6.14. The van der Waals surface area contributed by atoms with Crippen LogP contribution >= 0.6 is 0 Å². The van der Waals surface area contributed by atoms with E-state index < -0.39 is 5.97 Å². The zero-order valence-electron chi connectivity index (χ0n) is 14.2. The van der Waals surface area contributed by atoms with Crippen molar-refractivity contribution in [2.75, 3.05) is 13.7 Å². The summed E-state index contributed by atoms with van der Waals surface area (Å²) in [6.45, 7) is 5.90. The van der Waals surface area contributed by atoms with Gasteiger partial charge in [0, 0.05) is 25.2 Å². The van der Waals surface area contributed by atoms with Crippen molar-refractivity contribution in [2.45, 2.75) is 52.5 Å². The number of carbonyl (C=O) groups is 3. The number of likely N-dealkylation sites (tertiary alicyclic amines) is 1. The largest absolute Gasteiger partial charge is 0.465 e. The van der Waals surface area contributed by atoms with E-state index in [1.807, 2.05) is 11.8 Å². The first kappa shape index (κ1) is 17.2. The van der Waals surface area contributed by atoms with E-state index in [0.29, 0.717) is 22.5 Å². The average Bonchev–Trinajstić information content (AvgIpc) is 2.83. The van der Waals surface area contributed by atoms with E-state index in [1.54, 1.807) is 6.92 Å². The Balaban J connectivity index is 2.31. The highest BCUT2D eigenvalue weighted by Gasteiger charge is 2.28. The number of ether oxygens (including phenoxy) is 1. The summed E-state index contributed by atoms with van der Waals surface area (Å²) in [4.78, 5) is 41.1. The maximum atomic E-state index is 12.6. The topological polar surface area (TPSA) is 79.5 Å². The molecule has 6 heteroatoms. The van der Waals surface area contributed by atoms with Gasteiger partial charge in [-0.1, -0.05) is 0 Å². The number of ketones is 1. The number of amides is 1. The molecule has 0 aliphatic carbocycles. The van der Waals surface area contributed by atoms with Crippen molar-refractivity contribution in [2.24, 2.45) is 0 Å². The van der Waals surface area contributed by atoms with Gasteiger partial charge < -0.3 is 14.6 Å². The van der Waals surface area contributed by atoms with Crippen molar-refractivity contribution in [3.63, 3.8) is 0 Å². The minimum absolute atomic E-state index is 0.0290. The van der Waals surface area contributed by atoms with Crippen molar-refractivity contribution >= 4 is 17.7 Å². The highest BCUT2D eigenvalue weighted by Crippen LogP contribution is 2.23. The molecular weight excluding hydrogens is 296 g/mol. The monoisotopic (exact) mass is 320 g/mol. The van der Waals surface area contributed by atoms with Crippen LogP contribution in [0.2, 0.25) is 0 Å². The van der Waals surface area contributed by atoms with Gasteiger partial charge in [0.1, 0.15) is 0 Å². The number of nitrogens with zero attached hydrogens (tertiary/aromatic N) is 1. The number of piperidine rings is 1. The predicted octanol–water partition coefficient (Wildman–Crippen LogP) is 2.26. The first-order valence-electron chi connectivity index (χ1n) is 7.97. The third kappa shape index (κ3) is 3.46. The van der Waals surface area contributed by atoms with Crippen LogP contribution in [0.1, 0.15) is 65.2 Å². The predicted molar refractivity (Wildman–Crippen MR) is 85.6 cm³/mol. The fourth-order valence-corrected chi connectivity index (χ4v) is 3.24. The van der Waals surface area contributed by atoms with Crippen molar-refractivity contribution in [3.05, 3.63) is 22.5 Å². The molecule has 0 radical (unpaired) electrons. The Hall–Kier alpha value is -2.11. The average molecular weight is 320 g/mol. The molecule has 1 atom stereocenters. The van der Waals surface area contributed by atoms with E-state index >= 15 is 0 Å². The normalized spacial score (nSPS) is 17.9. The maximum Gasteiger partial charge on any atom is 0.339 e. The van der Waals surface area contributed by atoms with E-state index in [-0.39, 0.29) is 24.2 Å². The summed E-state index contributed by atoms with van der Waals surface area (Å²) in [7, 11) is 1.29. The van der Waals surface area contributed by atoms with Crippen molar-refractivity contribution in [1.82, 2.24) is 9.88 Å². The van der Waals surface area contributed by atoms with E-state index in [1.165, 1.54) is 14.0 Å². The Morgan fingerprint density at radius 2 is 2.00 bits per heavy atom. The van der Waals surface area contributed by atoms with Gasteiger partial charge in [-0.15, -0.1) is 0 Å². The summed E-state index contributed by atoms with van der Waals surface area (Å²) in [5.41, 5.74) is 1.66. The summed E-state index contributed by atoms with van der Waals surface area (Å²) in [5, 5.41) is 0. The molecule has 1 saturated heterocycles. The number of rotatable bonds is 4. The van der Waals surface area contributed by atoms with Gasteiger partial charge in [-0.2, -0.15) is 0 Å². The molecule has 1 unspecified atom stereocenters. The van der Waals surface area contributed by atoms with Crippen LogP contribution in [0.15, 0.2) is 0 Å². The highest BCUT2D eigenvalue weighted by atomic mass is 16.5. The van der Waals surface area contributed by atoms with Gasteiger partial charge in [0.2, 0.25) is 5.91 Å². The van der Waals surface area contributed by atoms with Gasteiger partial charge in [0.15, 0.2) is 5.78 Å². The van der Waals surface area contributed by atoms with Crippen LogP contribution in [0.25, 0.3) is 0 Å². The number of Topliss-reactive ketones (excluding diaryl/α,β-unsaturated/α-hetero) is 1. The number of nitrogens with one attached hydrogen (secondary N) is 1. The molecule has 23 heavy (non-hydrogen) atoms. The van der Waals surface area contributed by atoms with Crippen LogP contribution in [-0.2, 0) is 16.0 Å². The third-order valence-electron chi connectivity index (χ3n) is 4.52. The molecule has 0 aromatic carbocycles. The molecule has 1 fully saturated rings. The van der Waals surface area contributed by atoms with E-state index in [9.17, 15) is 14.4 Å². The molecule has 2 heterocycles. The van der Waals surface area contributed by atoms with Crippen molar-refractivity contribution in [1.29, 1.82) is 0 Å². The minimum atomic E-state index is -0.527. The summed E-state index contributed by atoms with van der Waals surface area (Å²) in [5.74, 6) is -0.725. The molecule has 0 saturated carbocycles. The first-order valence-corrected chi connectivity index (χ1v) is 7.97. The van der Waals surface area contributed by atoms with Gasteiger partial charge in [-0.25, -0.2) is 4.79 Å². The molecule has 1 aromatic rings. The molecule has 2 rings (SSSR count). The molecule has 0 bridgehead atoms. The smallest absolute Gasteiger partial charge is 0.339 e. The zero-order valence-corrected chi connectivity index (χ0v) is 14.2. The Bertz CT molecular complexity index is 633. The van der Waals surface area contributed by atoms with Crippen molar-refractivity contribution < 1.29 is 19.1 Å². The van der Waals surface area contributed by atoms with Crippen LogP contribution in [0.3, 0.4) is 0 Å². The number of aromatic amines is 1. The van der Waals surface area contributed by atoms with Gasteiger partial charge >= 0.3 is 5.97 Å². The van der Waals surface area contributed by atoms with Crippen LogP contribution in [0.4, 0.5) is 0 Å². The number of methoxy groups -OCH3 is 1. The molecule has 1 amide bonds. The van der Waals surface area contributed by atoms with Gasteiger partial charge in [-0.05, 0) is 38.7 Å². The standard InChI is InChI=1S/C17H24N2O4/c1-10-7-5-6-8-19(10)14(21)9-13-15(17(22)23-4)11(2)16(18-13)12(3)20/h10,18H,5-9H2,1-4H3. The number of carbonyl (C=O) groups excluding carboxylic acids is 3. The summed E-state index contributed by atoms with van der Waals surface area (Å²) in [6, 6.07) is 0.209. The second kappa shape index (κ2) is 6.98. The number of hydrogen-bond acceptors (Lipinski definition) is 4. The van der Waals surface area contributed by atoms with Crippen LogP contribution in [0, 0.1) is 6.92 Å². The molecule has 1 aromatic heterocycles. The Morgan fingerprint density at radius 3 is 2.57 bits per heavy atom. The Morgan fingerprint density at radius 1 is 1.30 bits per heavy atom. The van der Waals surface area contributed by atoms with Crippen LogP contribution < -0.4 is 0 Å². The van der Waals surface area contributed by atoms with E-state index in [2.05, 4.69) is 4.98 Å². The summed E-state index contributed by atoms with van der Waals surface area (Å²) >= 11 is 0. The minimum Gasteiger partial charge on any atom is -0.465 e. The van der Waals surface area contributed by atoms with Crippen molar-refractivity contribution in [3.8, 4) is 0 Å². The maximum absolute atomic E-state index is 12.6. The van der Waals surface area contributed by atoms with Gasteiger partial charge in [0.25, 0.3) is 0 Å². The molecule has 0 spiro atoms. The fraction of sp³-hybridized carbons (Fsp3) is 0.588. The number of H-pyrrole nitrogens is 1. The molecule has 1 aliphatic heterocycles. The first-order chi connectivity index (χ1) is 10.9. The van der Waals surface area contributed by atoms with Gasteiger partial charge in [0.05, 0.1) is 24.8 Å². The van der Waals surface area contributed by atoms with E-state index in [0.717, 1.165) is 25.8 Å². The lowest BCUT2D eigenvalue weighted by Gasteiger charge is -2.33. The number of aromatic nitrogens is 1. The lowest BCUT2D eigenvalue weighted by Crippen LogP contribution is -2.43. The number of esters is 1. The Kier molecular flexibility index (Phi) is 5.23.